The number of methoxy groups -OCH3 is 1. The van der Waals surface area contributed by atoms with E-state index in [1.54, 1.807) is 7.11 Å². The molecule has 4 nitrogen and oxygen atoms in total. The quantitative estimate of drug-likeness (QED) is 0.855. The van der Waals surface area contributed by atoms with Crippen molar-refractivity contribution in [3.63, 3.8) is 0 Å². The minimum atomic E-state index is 0.440. The molecule has 1 aromatic carbocycles. The van der Waals surface area contributed by atoms with E-state index in [0.29, 0.717) is 6.04 Å². The van der Waals surface area contributed by atoms with Crippen LogP contribution in [-0.2, 0) is 6.54 Å². The zero-order valence-electron chi connectivity index (χ0n) is 12.0. The maximum atomic E-state index is 5.34. The van der Waals surface area contributed by atoms with E-state index in [-0.39, 0.29) is 0 Å². The van der Waals surface area contributed by atoms with Crippen LogP contribution in [0.5, 0.6) is 5.75 Å². The molecule has 0 amide bonds. The number of benzene rings is 1. The summed E-state index contributed by atoms with van der Waals surface area (Å²) in [4.78, 5) is 2.45. The second-order valence-electron chi connectivity index (χ2n) is 5.34. The monoisotopic (exact) mass is 272 g/mol. The lowest BCUT2D eigenvalue weighted by Gasteiger charge is -2.23. The van der Waals surface area contributed by atoms with Crippen molar-refractivity contribution >= 4 is 0 Å². The summed E-state index contributed by atoms with van der Waals surface area (Å²) in [7, 11) is 1.71. The molecule has 1 atom stereocenters. The summed E-state index contributed by atoms with van der Waals surface area (Å²) in [5.74, 6) is 1.86. The second kappa shape index (κ2) is 5.67. The predicted octanol–water partition coefficient (Wildman–Crippen LogP) is 3.33. The average molecular weight is 272 g/mol. The van der Waals surface area contributed by atoms with Crippen molar-refractivity contribution < 1.29 is 9.26 Å². The molecule has 0 aliphatic carbocycles. The van der Waals surface area contributed by atoms with Crippen LogP contribution in [0.25, 0.3) is 0 Å². The molecular weight excluding hydrogens is 252 g/mol. The van der Waals surface area contributed by atoms with Crippen LogP contribution >= 0.6 is 0 Å². The summed E-state index contributed by atoms with van der Waals surface area (Å²) < 4.78 is 10.7. The maximum Gasteiger partial charge on any atom is 0.150 e. The standard InChI is InChI=1S/C16H20N2O2/c1-12-9-15(20-17-12)11-18-8-4-7-16(18)13-5-3-6-14(10-13)19-2/h3,5-6,9-10,16H,4,7-8,11H2,1-2H3. The Balaban J connectivity index is 1.77. The molecule has 3 rings (SSSR count). The molecule has 1 saturated heterocycles. The first-order valence-corrected chi connectivity index (χ1v) is 7.06. The van der Waals surface area contributed by atoms with Crippen molar-refractivity contribution in [3.05, 3.63) is 47.3 Å². The van der Waals surface area contributed by atoms with Gasteiger partial charge in [-0.2, -0.15) is 0 Å². The summed E-state index contributed by atoms with van der Waals surface area (Å²) in [6.45, 7) is 3.88. The Morgan fingerprint density at radius 1 is 1.40 bits per heavy atom. The second-order valence-corrected chi connectivity index (χ2v) is 5.34. The van der Waals surface area contributed by atoms with Crippen LogP contribution in [-0.4, -0.2) is 23.7 Å². The largest absolute Gasteiger partial charge is 0.497 e. The molecule has 0 bridgehead atoms. The molecule has 4 heteroatoms. The Kier molecular flexibility index (Phi) is 3.74. The van der Waals surface area contributed by atoms with Crippen molar-refractivity contribution in [2.24, 2.45) is 0 Å². The van der Waals surface area contributed by atoms with Gasteiger partial charge in [-0.25, -0.2) is 0 Å². The molecule has 0 radical (unpaired) electrons. The van der Waals surface area contributed by atoms with Gasteiger partial charge in [0, 0.05) is 12.1 Å². The normalized spacial score (nSPS) is 19.4. The molecule has 0 saturated carbocycles. The fourth-order valence-corrected chi connectivity index (χ4v) is 2.93. The van der Waals surface area contributed by atoms with Crippen LogP contribution in [0.1, 0.15) is 35.9 Å². The van der Waals surface area contributed by atoms with Gasteiger partial charge in [0.05, 0.1) is 19.3 Å². The molecule has 20 heavy (non-hydrogen) atoms. The zero-order valence-corrected chi connectivity index (χ0v) is 12.0. The van der Waals surface area contributed by atoms with Gasteiger partial charge in [0.25, 0.3) is 0 Å². The summed E-state index contributed by atoms with van der Waals surface area (Å²) in [6, 6.07) is 10.8. The number of aryl methyl sites for hydroxylation is 1. The molecule has 1 aliphatic heterocycles. The molecule has 2 heterocycles. The Hall–Kier alpha value is -1.81. The average Bonchev–Trinajstić information content (AvgIpc) is 3.08. The summed E-state index contributed by atoms with van der Waals surface area (Å²) >= 11 is 0. The van der Waals surface area contributed by atoms with Gasteiger partial charge < -0.3 is 9.26 Å². The molecule has 1 unspecified atom stereocenters. The fourth-order valence-electron chi connectivity index (χ4n) is 2.93. The van der Waals surface area contributed by atoms with E-state index >= 15 is 0 Å². The summed E-state index contributed by atoms with van der Waals surface area (Å²) in [5, 5.41) is 3.96. The van der Waals surface area contributed by atoms with Gasteiger partial charge in [0.2, 0.25) is 0 Å². The van der Waals surface area contributed by atoms with Gasteiger partial charge in [-0.3, -0.25) is 4.90 Å². The van der Waals surface area contributed by atoms with Gasteiger partial charge in [-0.1, -0.05) is 17.3 Å². The van der Waals surface area contributed by atoms with E-state index in [9.17, 15) is 0 Å². The topological polar surface area (TPSA) is 38.5 Å². The van der Waals surface area contributed by atoms with Crippen LogP contribution in [0.4, 0.5) is 0 Å². The first-order valence-electron chi connectivity index (χ1n) is 7.06. The zero-order chi connectivity index (χ0) is 13.9. The molecule has 106 valence electrons. The van der Waals surface area contributed by atoms with E-state index < -0.39 is 0 Å². The molecule has 0 N–H and O–H groups in total. The van der Waals surface area contributed by atoms with Crippen LogP contribution in [0.2, 0.25) is 0 Å². The van der Waals surface area contributed by atoms with Crippen molar-refractivity contribution in [2.45, 2.75) is 32.4 Å². The number of hydrogen-bond acceptors (Lipinski definition) is 4. The number of nitrogens with zero attached hydrogens (tertiary/aromatic N) is 2. The van der Waals surface area contributed by atoms with Gasteiger partial charge >= 0.3 is 0 Å². The van der Waals surface area contributed by atoms with E-state index in [2.05, 4.69) is 28.3 Å². The number of hydrogen-bond donors (Lipinski definition) is 0. The molecule has 2 aromatic rings. The summed E-state index contributed by atoms with van der Waals surface area (Å²) in [6.07, 6.45) is 2.40. The van der Waals surface area contributed by atoms with Crippen molar-refractivity contribution in [3.8, 4) is 5.75 Å². The highest BCUT2D eigenvalue weighted by atomic mass is 16.5. The highest BCUT2D eigenvalue weighted by Crippen LogP contribution is 2.34. The minimum Gasteiger partial charge on any atom is -0.497 e. The smallest absolute Gasteiger partial charge is 0.150 e. The fraction of sp³-hybridized carbons (Fsp3) is 0.438. The first-order chi connectivity index (χ1) is 9.76. The first kappa shape index (κ1) is 13.2. The lowest BCUT2D eigenvalue weighted by Crippen LogP contribution is -2.22. The molecular formula is C16H20N2O2. The van der Waals surface area contributed by atoms with Crippen molar-refractivity contribution in [2.75, 3.05) is 13.7 Å². The van der Waals surface area contributed by atoms with Gasteiger partial charge in [-0.05, 0) is 44.0 Å². The number of rotatable bonds is 4. The Labute approximate surface area is 119 Å². The number of aromatic nitrogens is 1. The lowest BCUT2D eigenvalue weighted by molar-refractivity contribution is 0.216. The van der Waals surface area contributed by atoms with Crippen molar-refractivity contribution in [1.82, 2.24) is 10.1 Å². The van der Waals surface area contributed by atoms with Crippen LogP contribution in [0.3, 0.4) is 0 Å². The van der Waals surface area contributed by atoms with E-state index in [0.717, 1.165) is 30.3 Å². The molecule has 1 aromatic heterocycles. The van der Waals surface area contributed by atoms with Crippen LogP contribution < -0.4 is 4.74 Å². The van der Waals surface area contributed by atoms with Gasteiger partial charge in [-0.15, -0.1) is 0 Å². The van der Waals surface area contributed by atoms with Gasteiger partial charge in [0.15, 0.2) is 5.76 Å². The number of likely N-dealkylation sites (tertiary alicyclic amines) is 1. The summed E-state index contributed by atoms with van der Waals surface area (Å²) in [5.41, 5.74) is 2.26. The Bertz CT molecular complexity index is 579. The van der Waals surface area contributed by atoms with Crippen LogP contribution in [0, 0.1) is 6.92 Å². The third kappa shape index (κ3) is 2.70. The lowest BCUT2D eigenvalue weighted by atomic mass is 10.0. The van der Waals surface area contributed by atoms with E-state index in [4.69, 9.17) is 9.26 Å². The van der Waals surface area contributed by atoms with E-state index in [1.165, 1.54) is 18.4 Å². The molecule has 1 aliphatic rings. The third-order valence-electron chi connectivity index (χ3n) is 3.88. The van der Waals surface area contributed by atoms with Crippen molar-refractivity contribution in [1.29, 1.82) is 0 Å². The SMILES string of the molecule is COc1cccc(C2CCCN2Cc2cc(C)no2)c1. The number of ether oxygens (including phenoxy) is 1. The predicted molar refractivity (Wildman–Crippen MR) is 76.6 cm³/mol. The third-order valence-corrected chi connectivity index (χ3v) is 3.88. The van der Waals surface area contributed by atoms with Gasteiger partial charge in [0.1, 0.15) is 5.75 Å². The Morgan fingerprint density at radius 2 is 2.30 bits per heavy atom. The highest BCUT2D eigenvalue weighted by Gasteiger charge is 2.27. The highest BCUT2D eigenvalue weighted by molar-refractivity contribution is 5.31. The minimum absolute atomic E-state index is 0.440. The molecule has 1 fully saturated rings. The van der Waals surface area contributed by atoms with E-state index in [1.807, 2.05) is 19.1 Å². The van der Waals surface area contributed by atoms with Crippen LogP contribution in [0.15, 0.2) is 34.9 Å². The Morgan fingerprint density at radius 3 is 3.05 bits per heavy atom. The maximum absolute atomic E-state index is 5.34. The molecule has 0 spiro atoms.